The van der Waals surface area contributed by atoms with E-state index in [2.05, 4.69) is 54.8 Å². The van der Waals surface area contributed by atoms with Crippen LogP contribution in [0, 0.1) is 0 Å². The van der Waals surface area contributed by atoms with E-state index in [1.165, 1.54) is 64.2 Å². The van der Waals surface area contributed by atoms with E-state index in [4.69, 9.17) is 19.3 Å². The van der Waals surface area contributed by atoms with E-state index >= 15 is 0 Å². The summed E-state index contributed by atoms with van der Waals surface area (Å²) >= 11 is 0. The van der Waals surface area contributed by atoms with E-state index in [9.17, 15) is 19.3 Å². The predicted molar refractivity (Wildman–Crippen MR) is 213 cm³/mol. The van der Waals surface area contributed by atoms with Crippen molar-refractivity contribution < 1.29 is 43.0 Å². The van der Waals surface area contributed by atoms with Crippen LogP contribution in [0.5, 0.6) is 0 Å². The van der Waals surface area contributed by atoms with Crippen molar-refractivity contribution in [3.05, 3.63) is 72.9 Å². The molecule has 0 aromatic carbocycles. The normalized spacial score (nSPS) is 13.9. The molecule has 0 aliphatic carbocycles. The molecule has 1 unspecified atom stereocenters. The third-order valence-electron chi connectivity index (χ3n) is 8.08. The van der Waals surface area contributed by atoms with Gasteiger partial charge < -0.3 is 24.4 Å². The molecule has 2 atom stereocenters. The maximum Gasteiger partial charge on any atom is 0.469 e. The molecule has 0 amide bonds. The van der Waals surface area contributed by atoms with Gasteiger partial charge in [0.05, 0.1) is 12.7 Å². The van der Waals surface area contributed by atoms with Gasteiger partial charge in [-0.25, -0.2) is 4.57 Å². The Morgan fingerprint density at radius 2 is 1.15 bits per heavy atom. The van der Waals surface area contributed by atoms with Gasteiger partial charge in [0.1, 0.15) is 6.61 Å². The molecule has 0 saturated heterocycles. The van der Waals surface area contributed by atoms with Crippen LogP contribution in [0.25, 0.3) is 0 Å². The number of carbonyl (C=O) groups is 2. The molecular weight excluding hydrogens is 679 g/mol. The Morgan fingerprint density at radius 3 is 1.71 bits per heavy atom. The van der Waals surface area contributed by atoms with Crippen molar-refractivity contribution in [3.8, 4) is 0 Å². The summed E-state index contributed by atoms with van der Waals surface area (Å²) in [6, 6.07) is 0. The number of aliphatic hydroxyl groups is 1. The lowest BCUT2D eigenvalue weighted by molar-refractivity contribution is -0.161. The molecule has 9 nitrogen and oxygen atoms in total. The Balaban J connectivity index is 4.19. The molecule has 0 heterocycles. The number of carbonyl (C=O) groups excluding carboxylic acids is 2. The van der Waals surface area contributed by atoms with Gasteiger partial charge in [0.2, 0.25) is 0 Å². The van der Waals surface area contributed by atoms with E-state index in [0.29, 0.717) is 19.3 Å². The second-order valence-corrected chi connectivity index (χ2v) is 14.3. The lowest BCUT2D eigenvalue weighted by Gasteiger charge is -2.18. The number of ether oxygens (including phenoxy) is 2. The van der Waals surface area contributed by atoms with E-state index < -0.39 is 38.6 Å². The Morgan fingerprint density at radius 1 is 0.615 bits per heavy atom. The summed E-state index contributed by atoms with van der Waals surface area (Å²) in [5, 5.41) is 10.1. The molecule has 298 valence electrons. The SMILES string of the molecule is CC/C=C\C/C=C\C/C=C\C/C=C\C=C/C(O)C/C=C\CCC(=O)O[C@H](COC(=O)CCCCCCCCCCCCCCCC)COP(=O)(O)O. The van der Waals surface area contributed by atoms with Crippen LogP contribution in [-0.4, -0.2) is 52.3 Å². The highest BCUT2D eigenvalue weighted by Crippen LogP contribution is 2.36. The van der Waals surface area contributed by atoms with Gasteiger partial charge in [-0.2, -0.15) is 0 Å². The molecule has 0 aliphatic heterocycles. The Labute approximate surface area is 315 Å². The van der Waals surface area contributed by atoms with Crippen molar-refractivity contribution in [2.75, 3.05) is 13.2 Å². The first kappa shape index (κ1) is 49.5. The Bertz CT molecular complexity index is 1090. The monoisotopic (exact) mass is 750 g/mol. The van der Waals surface area contributed by atoms with E-state index in [-0.39, 0.29) is 19.4 Å². The largest absolute Gasteiger partial charge is 0.469 e. The summed E-state index contributed by atoms with van der Waals surface area (Å²) in [7, 11) is -4.80. The lowest BCUT2D eigenvalue weighted by atomic mass is 10.0. The van der Waals surface area contributed by atoms with Gasteiger partial charge in [-0.05, 0) is 44.9 Å². The third kappa shape index (κ3) is 38.7. The number of rotatable bonds is 35. The van der Waals surface area contributed by atoms with Crippen LogP contribution in [0.15, 0.2) is 72.9 Å². The van der Waals surface area contributed by atoms with E-state index in [0.717, 1.165) is 44.9 Å². The van der Waals surface area contributed by atoms with Gasteiger partial charge in [0.25, 0.3) is 0 Å². The first-order valence-corrected chi connectivity index (χ1v) is 21.4. The fraction of sp³-hybridized carbons (Fsp3) is 0.667. The summed E-state index contributed by atoms with van der Waals surface area (Å²) in [6.45, 7) is 3.41. The van der Waals surface area contributed by atoms with Crippen LogP contribution in [0.1, 0.15) is 155 Å². The summed E-state index contributed by atoms with van der Waals surface area (Å²) in [4.78, 5) is 42.7. The number of aliphatic hydroxyl groups excluding tert-OH is 1. The molecular formula is C42H71O9P. The molecule has 0 radical (unpaired) electrons. The molecule has 0 aliphatic rings. The number of phosphoric ester groups is 1. The quantitative estimate of drug-likeness (QED) is 0.0190. The van der Waals surface area contributed by atoms with Gasteiger partial charge in [-0.15, -0.1) is 0 Å². The standard InChI is InChI=1S/C42H71O9P/c1-3-5-7-9-11-13-15-17-19-21-23-25-27-31-35-41(44)49-37-40(38-50-52(46,47)48)51-42(45)36-32-28-30-34-39(43)33-29-26-24-22-20-18-16-14-12-10-8-6-4-2/h6,8,12,14,18,20,24,26,28-30,33,39-40,43H,3-5,7,9-11,13,15-17,19,21-23,25,27,31-32,34-38H2,1-2H3,(H2,46,47,48)/b8-6-,14-12-,20-18-,26-24-,30-28-,33-29-/t39?,40-/m1/s1. The maximum absolute atomic E-state index is 12.4. The van der Waals surface area contributed by atoms with Crippen molar-refractivity contribution in [2.45, 2.75) is 167 Å². The zero-order valence-electron chi connectivity index (χ0n) is 32.3. The highest BCUT2D eigenvalue weighted by Gasteiger charge is 2.22. The van der Waals surface area contributed by atoms with Crippen LogP contribution in [0.4, 0.5) is 0 Å². The average Bonchev–Trinajstić information content (AvgIpc) is 3.11. The average molecular weight is 751 g/mol. The summed E-state index contributed by atoms with van der Waals surface area (Å²) < 4.78 is 26.2. The lowest BCUT2D eigenvalue weighted by Crippen LogP contribution is -2.29. The first-order chi connectivity index (χ1) is 25.2. The van der Waals surface area contributed by atoms with Crippen LogP contribution in [0.3, 0.4) is 0 Å². The number of esters is 2. The van der Waals surface area contributed by atoms with Crippen LogP contribution >= 0.6 is 7.82 Å². The molecule has 52 heavy (non-hydrogen) atoms. The molecule has 3 N–H and O–H groups in total. The Kier molecular flexibility index (Phi) is 35.0. The van der Waals surface area contributed by atoms with Crippen molar-refractivity contribution in [3.63, 3.8) is 0 Å². The number of hydrogen-bond donors (Lipinski definition) is 3. The van der Waals surface area contributed by atoms with Crippen molar-refractivity contribution in [1.82, 2.24) is 0 Å². The number of phosphoric acid groups is 1. The highest BCUT2D eigenvalue weighted by atomic mass is 31.2. The van der Waals surface area contributed by atoms with E-state index in [1.807, 2.05) is 12.2 Å². The Hall–Kier alpha value is -2.55. The number of hydrogen-bond acceptors (Lipinski definition) is 7. The predicted octanol–water partition coefficient (Wildman–Crippen LogP) is 10.9. The van der Waals surface area contributed by atoms with Gasteiger partial charge in [0.15, 0.2) is 6.10 Å². The topological polar surface area (TPSA) is 140 Å². The number of allylic oxidation sites excluding steroid dienone is 10. The van der Waals surface area contributed by atoms with Crippen LogP contribution in [0.2, 0.25) is 0 Å². The zero-order chi connectivity index (χ0) is 38.4. The molecule has 0 rings (SSSR count). The molecule has 0 bridgehead atoms. The number of unbranched alkanes of at least 4 members (excludes halogenated alkanes) is 13. The fourth-order valence-corrected chi connectivity index (χ4v) is 5.49. The second-order valence-electron chi connectivity index (χ2n) is 13.1. The third-order valence-corrected chi connectivity index (χ3v) is 8.57. The van der Waals surface area contributed by atoms with Gasteiger partial charge in [0, 0.05) is 12.8 Å². The fourth-order valence-electron chi connectivity index (χ4n) is 5.13. The van der Waals surface area contributed by atoms with Crippen LogP contribution < -0.4 is 0 Å². The first-order valence-electron chi connectivity index (χ1n) is 19.8. The maximum atomic E-state index is 12.4. The molecule has 0 aromatic heterocycles. The van der Waals surface area contributed by atoms with Crippen molar-refractivity contribution in [2.24, 2.45) is 0 Å². The van der Waals surface area contributed by atoms with Crippen molar-refractivity contribution in [1.29, 1.82) is 0 Å². The zero-order valence-corrected chi connectivity index (χ0v) is 33.2. The van der Waals surface area contributed by atoms with Gasteiger partial charge in [-0.3, -0.25) is 14.1 Å². The van der Waals surface area contributed by atoms with Crippen LogP contribution in [-0.2, 0) is 28.2 Å². The molecule has 0 saturated carbocycles. The van der Waals surface area contributed by atoms with Crippen molar-refractivity contribution >= 4 is 19.8 Å². The summed E-state index contributed by atoms with van der Waals surface area (Å²) in [5.74, 6) is -1.07. The highest BCUT2D eigenvalue weighted by molar-refractivity contribution is 7.46. The van der Waals surface area contributed by atoms with Gasteiger partial charge in [-0.1, -0.05) is 170 Å². The minimum Gasteiger partial charge on any atom is -0.462 e. The second kappa shape index (κ2) is 36.8. The van der Waals surface area contributed by atoms with E-state index in [1.54, 1.807) is 24.3 Å². The summed E-state index contributed by atoms with van der Waals surface area (Å²) in [6.07, 6.45) is 43.7. The molecule has 0 fully saturated rings. The minimum absolute atomic E-state index is 0.00376. The molecule has 10 heteroatoms. The smallest absolute Gasteiger partial charge is 0.462 e. The molecule has 0 spiro atoms. The molecule has 0 aromatic rings. The minimum atomic E-state index is -4.80. The summed E-state index contributed by atoms with van der Waals surface area (Å²) in [5.41, 5.74) is 0. The van der Waals surface area contributed by atoms with Gasteiger partial charge >= 0.3 is 19.8 Å².